The molecule has 0 radical (unpaired) electrons. The molecule has 0 amide bonds. The van der Waals surface area contributed by atoms with Gasteiger partial charge in [0.1, 0.15) is 6.61 Å². The largest absolute Gasteiger partial charge is 0.370 e. The summed E-state index contributed by atoms with van der Waals surface area (Å²) in [6.45, 7) is 9.56. The van der Waals surface area contributed by atoms with Gasteiger partial charge in [0, 0.05) is 23.5 Å². The Kier molecular flexibility index (Phi) is 5.63. The fraction of sp³-hybridized carbons (Fsp3) is 0.722. The molecule has 2 unspecified atom stereocenters. The van der Waals surface area contributed by atoms with Gasteiger partial charge in [-0.3, -0.25) is 4.79 Å². The predicted octanol–water partition coefficient (Wildman–Crippen LogP) is 4.29. The lowest BCUT2D eigenvalue weighted by atomic mass is 9.85. The van der Waals surface area contributed by atoms with Crippen LogP contribution in [0.5, 0.6) is 0 Å². The minimum Gasteiger partial charge on any atom is -0.370 e. The first-order valence-electron chi connectivity index (χ1n) is 8.40. The molecule has 2 atom stereocenters. The third-order valence-electron chi connectivity index (χ3n) is 4.98. The van der Waals surface area contributed by atoms with Crippen LogP contribution in [0.25, 0.3) is 0 Å². The molecule has 21 heavy (non-hydrogen) atoms. The number of nitrogens with zero attached hydrogens (tertiary/aromatic N) is 1. The summed E-state index contributed by atoms with van der Waals surface area (Å²) in [7, 11) is 0. The topological polar surface area (TPSA) is 31.2 Å². The van der Waals surface area contributed by atoms with Gasteiger partial charge in [-0.15, -0.1) is 0 Å². The van der Waals surface area contributed by atoms with Gasteiger partial charge in [0.15, 0.2) is 5.78 Å². The molecule has 0 spiro atoms. The maximum Gasteiger partial charge on any atom is 0.190 e. The van der Waals surface area contributed by atoms with Crippen molar-refractivity contribution in [3.63, 3.8) is 0 Å². The Bertz CT molecular complexity index is 490. The number of aromatic nitrogens is 1. The van der Waals surface area contributed by atoms with Crippen LogP contribution in [-0.4, -0.2) is 23.1 Å². The Labute approximate surface area is 128 Å². The van der Waals surface area contributed by atoms with Crippen LogP contribution < -0.4 is 0 Å². The minimum absolute atomic E-state index is 0.128. The molecule has 3 nitrogen and oxygen atoms in total. The van der Waals surface area contributed by atoms with Crippen molar-refractivity contribution in [2.45, 2.75) is 72.4 Å². The van der Waals surface area contributed by atoms with E-state index in [-0.39, 0.29) is 18.5 Å². The van der Waals surface area contributed by atoms with Gasteiger partial charge in [0.05, 0.1) is 6.10 Å². The number of Topliss-reactive ketones (excluding diaryl/α,β-unsaturated/α-hetero) is 1. The Hall–Kier alpha value is -1.09. The highest BCUT2D eigenvalue weighted by Crippen LogP contribution is 2.29. The number of carbonyl (C=O) groups excluding carboxylic acids is 1. The standard InChI is InChI=1S/C18H29NO2/c1-5-15-9-7-8-10-18(15)21-12-17(20)16-11-13(3)19(6-2)14(16)4/h11,15,18H,5-10,12H2,1-4H3. The second-order valence-electron chi connectivity index (χ2n) is 6.25. The van der Waals surface area contributed by atoms with Gasteiger partial charge in [-0.25, -0.2) is 0 Å². The average Bonchev–Trinajstić information content (AvgIpc) is 2.79. The highest BCUT2D eigenvalue weighted by Gasteiger charge is 2.25. The first-order chi connectivity index (χ1) is 10.1. The number of rotatable bonds is 6. The molecule has 2 rings (SSSR count). The second kappa shape index (κ2) is 7.26. The van der Waals surface area contributed by atoms with Crippen LogP contribution in [0.1, 0.15) is 67.7 Å². The van der Waals surface area contributed by atoms with Crippen molar-refractivity contribution in [1.82, 2.24) is 4.57 Å². The van der Waals surface area contributed by atoms with E-state index in [4.69, 9.17) is 4.74 Å². The summed E-state index contributed by atoms with van der Waals surface area (Å²) in [5, 5.41) is 0. The van der Waals surface area contributed by atoms with Crippen molar-refractivity contribution in [2.24, 2.45) is 5.92 Å². The van der Waals surface area contributed by atoms with Gasteiger partial charge in [-0.1, -0.05) is 26.2 Å². The van der Waals surface area contributed by atoms with E-state index in [2.05, 4.69) is 25.3 Å². The Morgan fingerprint density at radius 3 is 2.62 bits per heavy atom. The van der Waals surface area contributed by atoms with Crippen molar-refractivity contribution in [1.29, 1.82) is 0 Å². The zero-order chi connectivity index (χ0) is 15.4. The molecule has 1 saturated carbocycles. The van der Waals surface area contributed by atoms with Crippen molar-refractivity contribution < 1.29 is 9.53 Å². The van der Waals surface area contributed by atoms with Crippen LogP contribution in [0.2, 0.25) is 0 Å². The van der Waals surface area contributed by atoms with E-state index in [1.807, 2.05) is 13.0 Å². The van der Waals surface area contributed by atoms with Crippen molar-refractivity contribution in [3.8, 4) is 0 Å². The zero-order valence-corrected chi connectivity index (χ0v) is 13.9. The molecule has 0 saturated heterocycles. The average molecular weight is 291 g/mol. The molecule has 1 aromatic rings. The molecule has 1 aliphatic rings. The summed E-state index contributed by atoms with van der Waals surface area (Å²) in [6.07, 6.45) is 6.34. The van der Waals surface area contributed by atoms with Crippen LogP contribution in [0.15, 0.2) is 6.07 Å². The molecule has 1 heterocycles. The lowest BCUT2D eigenvalue weighted by Gasteiger charge is -2.30. The van der Waals surface area contributed by atoms with Gasteiger partial charge >= 0.3 is 0 Å². The molecule has 0 N–H and O–H groups in total. The zero-order valence-electron chi connectivity index (χ0n) is 13.9. The van der Waals surface area contributed by atoms with E-state index in [1.165, 1.54) is 19.3 Å². The predicted molar refractivity (Wildman–Crippen MR) is 85.9 cm³/mol. The van der Waals surface area contributed by atoms with Crippen molar-refractivity contribution in [3.05, 3.63) is 23.0 Å². The monoisotopic (exact) mass is 291 g/mol. The number of ether oxygens (including phenoxy) is 1. The van der Waals surface area contributed by atoms with E-state index < -0.39 is 0 Å². The van der Waals surface area contributed by atoms with Gasteiger partial charge in [0.25, 0.3) is 0 Å². The smallest absolute Gasteiger partial charge is 0.190 e. The van der Waals surface area contributed by atoms with E-state index in [9.17, 15) is 4.79 Å². The van der Waals surface area contributed by atoms with Gasteiger partial charge in [-0.05, 0) is 45.6 Å². The maximum atomic E-state index is 12.4. The molecule has 0 aromatic carbocycles. The van der Waals surface area contributed by atoms with E-state index in [1.54, 1.807) is 0 Å². The number of hydrogen-bond acceptors (Lipinski definition) is 2. The maximum absolute atomic E-state index is 12.4. The molecule has 0 aliphatic heterocycles. The summed E-state index contributed by atoms with van der Waals surface area (Å²) in [5.41, 5.74) is 3.06. The van der Waals surface area contributed by atoms with Crippen LogP contribution in [-0.2, 0) is 11.3 Å². The first kappa shape index (κ1) is 16.3. The van der Waals surface area contributed by atoms with Gasteiger partial charge < -0.3 is 9.30 Å². The molecular formula is C18H29NO2. The van der Waals surface area contributed by atoms with Crippen LogP contribution >= 0.6 is 0 Å². The van der Waals surface area contributed by atoms with E-state index in [0.717, 1.165) is 36.3 Å². The van der Waals surface area contributed by atoms with Crippen LogP contribution in [0.3, 0.4) is 0 Å². The third kappa shape index (κ3) is 3.57. The normalized spacial score (nSPS) is 22.5. The third-order valence-corrected chi connectivity index (χ3v) is 4.98. The fourth-order valence-electron chi connectivity index (χ4n) is 3.69. The van der Waals surface area contributed by atoms with E-state index >= 15 is 0 Å². The van der Waals surface area contributed by atoms with E-state index in [0.29, 0.717) is 5.92 Å². The van der Waals surface area contributed by atoms with Crippen molar-refractivity contribution in [2.75, 3.05) is 6.61 Å². The molecule has 0 bridgehead atoms. The highest BCUT2D eigenvalue weighted by molar-refractivity contribution is 5.98. The summed E-state index contributed by atoms with van der Waals surface area (Å²) in [5.74, 6) is 0.762. The Morgan fingerprint density at radius 1 is 1.29 bits per heavy atom. The summed E-state index contributed by atoms with van der Waals surface area (Å²) in [6, 6.07) is 2.00. The van der Waals surface area contributed by atoms with Gasteiger partial charge in [0.2, 0.25) is 0 Å². The number of ketones is 1. The lowest BCUT2D eigenvalue weighted by molar-refractivity contribution is -0.00572. The van der Waals surface area contributed by atoms with Gasteiger partial charge in [-0.2, -0.15) is 0 Å². The summed E-state index contributed by atoms with van der Waals surface area (Å²) >= 11 is 0. The quantitative estimate of drug-likeness (QED) is 0.732. The number of carbonyl (C=O) groups is 1. The summed E-state index contributed by atoms with van der Waals surface area (Å²) < 4.78 is 8.16. The lowest BCUT2D eigenvalue weighted by Crippen LogP contribution is -2.29. The highest BCUT2D eigenvalue weighted by atomic mass is 16.5. The molecule has 1 aliphatic carbocycles. The van der Waals surface area contributed by atoms with Crippen LogP contribution in [0, 0.1) is 19.8 Å². The fourth-order valence-corrected chi connectivity index (χ4v) is 3.69. The van der Waals surface area contributed by atoms with Crippen LogP contribution in [0.4, 0.5) is 0 Å². The molecule has 1 fully saturated rings. The minimum atomic E-state index is 0.128. The Balaban J connectivity index is 1.98. The first-order valence-corrected chi connectivity index (χ1v) is 8.40. The Morgan fingerprint density at radius 2 is 2.00 bits per heavy atom. The molecular weight excluding hydrogens is 262 g/mol. The van der Waals surface area contributed by atoms with Crippen molar-refractivity contribution >= 4 is 5.78 Å². The second-order valence-corrected chi connectivity index (χ2v) is 6.25. The summed E-state index contributed by atoms with van der Waals surface area (Å²) in [4.78, 5) is 12.4. The molecule has 1 aromatic heterocycles. The molecule has 3 heteroatoms. The number of aryl methyl sites for hydroxylation is 1. The SMILES string of the molecule is CCC1CCCCC1OCC(=O)c1cc(C)n(CC)c1C. The number of hydrogen-bond donors (Lipinski definition) is 0. The molecule has 118 valence electrons.